The maximum Gasteiger partial charge on any atom is 0.134 e. The molecule has 2 heteroatoms. The Hall–Kier alpha value is -4.82. The summed E-state index contributed by atoms with van der Waals surface area (Å²) in [6.07, 6.45) is 0. The molecular weight excluding hydrogens is 536 g/mol. The zero-order valence-electron chi connectivity index (χ0n) is 26.1. The Morgan fingerprint density at radius 3 is 1.14 bits per heavy atom. The summed E-state index contributed by atoms with van der Waals surface area (Å²) in [7, 11) is 0. The van der Waals surface area contributed by atoms with Gasteiger partial charge in [-0.3, -0.25) is 0 Å². The average Bonchev–Trinajstić information content (AvgIpc) is 3.75. The van der Waals surface area contributed by atoms with Gasteiger partial charge in [-0.05, 0) is 128 Å². The predicted octanol–water partition coefficient (Wildman–Crippen LogP) is 11.7. The third-order valence-corrected chi connectivity index (χ3v) is 10.5. The van der Waals surface area contributed by atoms with E-state index >= 15 is 0 Å². The maximum absolute atomic E-state index is 6.19. The Morgan fingerprint density at radius 2 is 0.773 bits per heavy atom. The summed E-state index contributed by atoms with van der Waals surface area (Å²) < 4.78 is 12.4. The zero-order valence-corrected chi connectivity index (χ0v) is 26.1. The molecule has 5 aromatic carbocycles. The highest BCUT2D eigenvalue weighted by molar-refractivity contribution is 6.11. The Bertz CT molecular complexity index is 2190. The van der Waals surface area contributed by atoms with Crippen LogP contribution in [0.1, 0.15) is 61.5 Å². The van der Waals surface area contributed by atoms with E-state index in [1.165, 1.54) is 77.2 Å². The quantitative estimate of drug-likeness (QED) is 0.207. The number of fused-ring (bicyclic) bond motifs is 10. The van der Waals surface area contributed by atoms with Gasteiger partial charge >= 0.3 is 0 Å². The summed E-state index contributed by atoms with van der Waals surface area (Å²) in [5, 5.41) is 5.04. The molecule has 0 N–H and O–H groups in total. The highest BCUT2D eigenvalue weighted by atomic mass is 16.3. The summed E-state index contributed by atoms with van der Waals surface area (Å²) in [6, 6.07) is 35.8. The van der Waals surface area contributed by atoms with E-state index in [0.29, 0.717) is 0 Å². The molecule has 2 aliphatic rings. The van der Waals surface area contributed by atoms with Crippen molar-refractivity contribution in [2.45, 2.75) is 52.4 Å². The molecule has 214 valence electrons. The Labute approximate surface area is 258 Å². The van der Waals surface area contributed by atoms with Crippen LogP contribution >= 0.6 is 0 Å². The summed E-state index contributed by atoms with van der Waals surface area (Å²) in [5.41, 5.74) is 12.9. The molecule has 2 aromatic heterocycles. The first-order valence-electron chi connectivity index (χ1n) is 15.6. The second kappa shape index (κ2) is 8.42. The molecule has 0 atom stereocenters. The fourth-order valence-electron chi connectivity index (χ4n) is 8.22. The maximum atomic E-state index is 6.19. The largest absolute Gasteiger partial charge is 0.461 e. The monoisotopic (exact) mass is 570 g/mol. The molecule has 0 bridgehead atoms. The van der Waals surface area contributed by atoms with Crippen molar-refractivity contribution in [1.29, 1.82) is 0 Å². The van der Waals surface area contributed by atoms with Crippen molar-refractivity contribution in [2.75, 3.05) is 0 Å². The lowest BCUT2D eigenvalue weighted by atomic mass is 9.79. The topological polar surface area (TPSA) is 26.3 Å². The normalized spacial score (nSPS) is 15.4. The molecule has 0 saturated carbocycles. The fraction of sp³-hybridized carbons (Fsp3) is 0.190. The summed E-state index contributed by atoms with van der Waals surface area (Å²) in [4.78, 5) is 0. The molecule has 2 aliphatic carbocycles. The summed E-state index contributed by atoms with van der Waals surface area (Å²) in [5.74, 6) is 3.73. The van der Waals surface area contributed by atoms with Crippen molar-refractivity contribution >= 4 is 21.5 Å². The van der Waals surface area contributed by atoms with Gasteiger partial charge in [-0.1, -0.05) is 76.2 Å². The minimum atomic E-state index is -0.172. The molecule has 0 fully saturated rings. The third kappa shape index (κ3) is 3.21. The molecule has 7 aromatic rings. The molecule has 0 unspecified atom stereocenters. The number of aryl methyl sites for hydroxylation is 2. The first-order chi connectivity index (χ1) is 21.1. The van der Waals surface area contributed by atoms with Crippen LogP contribution in [0.25, 0.3) is 66.4 Å². The van der Waals surface area contributed by atoms with E-state index in [2.05, 4.69) is 125 Å². The van der Waals surface area contributed by atoms with Crippen LogP contribution in [0.3, 0.4) is 0 Å². The van der Waals surface area contributed by atoms with E-state index in [4.69, 9.17) is 8.83 Å². The van der Waals surface area contributed by atoms with E-state index in [1.807, 2.05) is 13.8 Å². The van der Waals surface area contributed by atoms with E-state index in [0.717, 1.165) is 23.0 Å². The highest BCUT2D eigenvalue weighted by Gasteiger charge is 2.43. The van der Waals surface area contributed by atoms with Crippen LogP contribution < -0.4 is 0 Å². The zero-order chi connectivity index (χ0) is 30.1. The highest BCUT2D eigenvalue weighted by Crippen LogP contribution is 2.59. The lowest BCUT2D eigenvalue weighted by Crippen LogP contribution is -2.17. The van der Waals surface area contributed by atoms with Gasteiger partial charge in [0.2, 0.25) is 0 Å². The summed E-state index contributed by atoms with van der Waals surface area (Å²) >= 11 is 0. The van der Waals surface area contributed by atoms with Crippen molar-refractivity contribution in [3.63, 3.8) is 0 Å². The van der Waals surface area contributed by atoms with Crippen LogP contribution in [0, 0.1) is 13.8 Å². The minimum Gasteiger partial charge on any atom is -0.461 e. The van der Waals surface area contributed by atoms with Gasteiger partial charge in [-0.2, -0.15) is 0 Å². The number of benzene rings is 5. The molecule has 0 amide bonds. The molecule has 0 saturated heterocycles. The van der Waals surface area contributed by atoms with Crippen molar-refractivity contribution in [2.24, 2.45) is 0 Å². The van der Waals surface area contributed by atoms with Crippen LogP contribution in [-0.4, -0.2) is 0 Å². The second-order valence-corrected chi connectivity index (χ2v) is 13.8. The Balaban J connectivity index is 1.34. The lowest BCUT2D eigenvalue weighted by molar-refractivity contribution is 0.548. The SMILES string of the molecule is Cc1ccc(-c2cc3c(c4ccccc24)-c2cc4c(cc2C3(C)C)-c2c(cc(-c3ccc(C)o3)c3ccccc23)C4(C)C)o1. The molecule has 2 heterocycles. The Kier molecular flexibility index (Phi) is 4.91. The molecule has 0 radical (unpaired) electrons. The van der Waals surface area contributed by atoms with Crippen LogP contribution in [0.2, 0.25) is 0 Å². The molecule has 0 aliphatic heterocycles. The predicted molar refractivity (Wildman–Crippen MR) is 181 cm³/mol. The van der Waals surface area contributed by atoms with Crippen molar-refractivity contribution in [1.82, 2.24) is 0 Å². The van der Waals surface area contributed by atoms with Gasteiger partial charge in [0, 0.05) is 22.0 Å². The third-order valence-electron chi connectivity index (χ3n) is 10.5. The molecule has 44 heavy (non-hydrogen) atoms. The first-order valence-corrected chi connectivity index (χ1v) is 15.6. The van der Waals surface area contributed by atoms with Gasteiger partial charge in [0.1, 0.15) is 23.0 Å². The van der Waals surface area contributed by atoms with Crippen LogP contribution in [0.15, 0.2) is 106 Å². The van der Waals surface area contributed by atoms with E-state index in [-0.39, 0.29) is 10.8 Å². The lowest BCUT2D eigenvalue weighted by Gasteiger charge is -2.24. The number of hydrogen-bond donors (Lipinski definition) is 0. The fourth-order valence-corrected chi connectivity index (χ4v) is 8.22. The van der Waals surface area contributed by atoms with E-state index in [1.54, 1.807) is 0 Å². The van der Waals surface area contributed by atoms with Crippen LogP contribution in [0.5, 0.6) is 0 Å². The van der Waals surface area contributed by atoms with Gasteiger partial charge in [-0.15, -0.1) is 0 Å². The van der Waals surface area contributed by atoms with Gasteiger partial charge < -0.3 is 8.83 Å². The summed E-state index contributed by atoms with van der Waals surface area (Å²) in [6.45, 7) is 13.6. The van der Waals surface area contributed by atoms with E-state index in [9.17, 15) is 0 Å². The molecule has 0 spiro atoms. The standard InChI is InChI=1S/C42H34O2/c1-23-15-17-37(43-23)29-19-35-39(27-13-9-7-11-25(27)29)31-21-34-32(22-33(31)41(35,3)4)40-28-14-10-8-12-26(28)30(20-36(40)42(34,5)6)38-18-16-24(2)44-38/h7-22H,1-6H3. The number of rotatable bonds is 2. The molecule has 9 rings (SSSR count). The van der Waals surface area contributed by atoms with Gasteiger partial charge in [0.15, 0.2) is 0 Å². The van der Waals surface area contributed by atoms with E-state index < -0.39 is 0 Å². The van der Waals surface area contributed by atoms with Crippen LogP contribution in [-0.2, 0) is 10.8 Å². The molecule has 2 nitrogen and oxygen atoms in total. The smallest absolute Gasteiger partial charge is 0.134 e. The van der Waals surface area contributed by atoms with Gasteiger partial charge in [0.25, 0.3) is 0 Å². The second-order valence-electron chi connectivity index (χ2n) is 13.8. The van der Waals surface area contributed by atoms with Crippen molar-refractivity contribution in [3.8, 4) is 44.9 Å². The average molecular weight is 571 g/mol. The minimum absolute atomic E-state index is 0.172. The van der Waals surface area contributed by atoms with Crippen LogP contribution in [0.4, 0.5) is 0 Å². The number of furan rings is 2. The van der Waals surface area contributed by atoms with Crippen molar-refractivity contribution in [3.05, 3.63) is 131 Å². The van der Waals surface area contributed by atoms with Gasteiger partial charge in [0.05, 0.1) is 0 Å². The molecular formula is C42H34O2. The van der Waals surface area contributed by atoms with Gasteiger partial charge in [-0.25, -0.2) is 0 Å². The first kappa shape index (κ1) is 25.7. The number of hydrogen-bond acceptors (Lipinski definition) is 2. The Morgan fingerprint density at radius 1 is 0.409 bits per heavy atom. The van der Waals surface area contributed by atoms with Crippen molar-refractivity contribution < 1.29 is 8.83 Å².